The van der Waals surface area contributed by atoms with Crippen LogP contribution in [0.1, 0.15) is 271 Å². The van der Waals surface area contributed by atoms with Crippen molar-refractivity contribution in [3.05, 3.63) is 60.8 Å². The molecule has 69 heavy (non-hydrogen) atoms. The van der Waals surface area contributed by atoms with Crippen molar-refractivity contribution < 1.29 is 37.6 Å². The first kappa shape index (κ1) is 66.7. The smallest absolute Gasteiger partial charge is 0.462 e. The molecule has 0 aliphatic carbocycles. The Morgan fingerprint density at radius 3 is 1.12 bits per heavy atom. The second-order valence-corrected chi connectivity index (χ2v) is 20.6. The lowest BCUT2D eigenvalue weighted by atomic mass is 10.0. The average Bonchev–Trinajstić information content (AvgIpc) is 3.34. The summed E-state index contributed by atoms with van der Waals surface area (Å²) in [6.07, 6.45) is 68.4. The van der Waals surface area contributed by atoms with E-state index in [0.717, 1.165) is 57.8 Å². The van der Waals surface area contributed by atoms with Gasteiger partial charge in [-0.1, -0.05) is 235 Å². The van der Waals surface area contributed by atoms with E-state index in [1.165, 1.54) is 180 Å². The lowest BCUT2D eigenvalue weighted by Crippen LogP contribution is -2.29. The molecule has 0 saturated heterocycles. The molecule has 0 aliphatic heterocycles. The van der Waals surface area contributed by atoms with Crippen molar-refractivity contribution in [2.45, 2.75) is 277 Å². The number of allylic oxidation sites excluding steroid dienone is 10. The van der Waals surface area contributed by atoms with Gasteiger partial charge in [-0.2, -0.15) is 0 Å². The zero-order valence-corrected chi connectivity index (χ0v) is 45.7. The summed E-state index contributed by atoms with van der Waals surface area (Å²) in [4.78, 5) is 35.2. The normalized spacial score (nSPS) is 13.5. The van der Waals surface area contributed by atoms with E-state index in [0.29, 0.717) is 6.42 Å². The van der Waals surface area contributed by atoms with Gasteiger partial charge in [-0.05, 0) is 83.5 Å². The summed E-state index contributed by atoms with van der Waals surface area (Å²) in [6.45, 7) is 3.74. The van der Waals surface area contributed by atoms with Crippen LogP contribution in [0.4, 0.5) is 0 Å². The lowest BCUT2D eigenvalue weighted by molar-refractivity contribution is -0.161. The molecule has 10 heteroatoms. The number of unbranched alkanes of at least 4 members (excludes halogenated alkanes) is 31. The highest BCUT2D eigenvalue weighted by Crippen LogP contribution is 2.43. The van der Waals surface area contributed by atoms with Gasteiger partial charge in [0, 0.05) is 19.4 Å². The molecule has 0 amide bonds. The van der Waals surface area contributed by atoms with Crippen molar-refractivity contribution in [1.82, 2.24) is 0 Å². The van der Waals surface area contributed by atoms with Gasteiger partial charge in [-0.25, -0.2) is 4.57 Å². The number of phosphoric acid groups is 1. The predicted octanol–water partition coefficient (Wildman–Crippen LogP) is 18.0. The van der Waals surface area contributed by atoms with E-state index in [4.69, 9.17) is 24.3 Å². The average molecular weight is 990 g/mol. The number of esters is 2. The Hall–Kier alpha value is -2.29. The quantitative estimate of drug-likeness (QED) is 0.0264. The van der Waals surface area contributed by atoms with Gasteiger partial charge >= 0.3 is 19.8 Å². The minimum atomic E-state index is -4.39. The molecule has 0 radical (unpaired) electrons. The highest BCUT2D eigenvalue weighted by atomic mass is 31.2. The Morgan fingerprint density at radius 2 is 0.754 bits per heavy atom. The Labute approximate surface area is 425 Å². The van der Waals surface area contributed by atoms with Crippen molar-refractivity contribution in [1.29, 1.82) is 0 Å². The number of carbonyl (C=O) groups is 2. The molecule has 0 heterocycles. The van der Waals surface area contributed by atoms with Gasteiger partial charge < -0.3 is 20.1 Å². The minimum absolute atomic E-state index is 0.0511. The van der Waals surface area contributed by atoms with E-state index in [1.807, 2.05) is 0 Å². The Kier molecular flexibility index (Phi) is 53.2. The number of phosphoric ester groups is 1. The molecule has 2 unspecified atom stereocenters. The van der Waals surface area contributed by atoms with Gasteiger partial charge in [0.1, 0.15) is 6.61 Å². The molecule has 9 nitrogen and oxygen atoms in total. The molecule has 0 aromatic heterocycles. The lowest BCUT2D eigenvalue weighted by Gasteiger charge is -2.19. The summed E-state index contributed by atoms with van der Waals surface area (Å²) in [5, 5.41) is 0. The molecule has 402 valence electrons. The summed E-state index contributed by atoms with van der Waals surface area (Å²) in [7, 11) is -4.39. The minimum Gasteiger partial charge on any atom is -0.462 e. The molecule has 0 aliphatic rings. The molecule has 0 fully saturated rings. The number of hydrogen-bond acceptors (Lipinski definition) is 8. The van der Waals surface area contributed by atoms with Gasteiger partial charge in [0.2, 0.25) is 0 Å². The van der Waals surface area contributed by atoms with Crippen LogP contribution in [0.15, 0.2) is 60.8 Å². The molecular weight excluding hydrogens is 882 g/mol. The molecule has 0 saturated carbocycles. The van der Waals surface area contributed by atoms with Crippen LogP contribution in [0.5, 0.6) is 0 Å². The van der Waals surface area contributed by atoms with Gasteiger partial charge in [0.15, 0.2) is 6.10 Å². The van der Waals surface area contributed by atoms with E-state index in [1.54, 1.807) is 0 Å². The van der Waals surface area contributed by atoms with Crippen LogP contribution in [0.2, 0.25) is 0 Å². The third-order valence-corrected chi connectivity index (χ3v) is 13.4. The first-order valence-electron chi connectivity index (χ1n) is 28.8. The Bertz CT molecular complexity index is 1310. The van der Waals surface area contributed by atoms with E-state index in [2.05, 4.69) is 74.6 Å². The number of nitrogens with two attached hydrogens (primary N) is 1. The van der Waals surface area contributed by atoms with Gasteiger partial charge in [-0.15, -0.1) is 0 Å². The van der Waals surface area contributed by atoms with Crippen LogP contribution < -0.4 is 5.73 Å². The number of carbonyl (C=O) groups excluding carboxylic acids is 2. The van der Waals surface area contributed by atoms with Gasteiger partial charge in [0.05, 0.1) is 13.2 Å². The number of ether oxygens (including phenoxy) is 2. The van der Waals surface area contributed by atoms with Crippen LogP contribution in [0.25, 0.3) is 0 Å². The predicted molar refractivity (Wildman–Crippen MR) is 293 cm³/mol. The van der Waals surface area contributed by atoms with E-state index < -0.39 is 26.5 Å². The second kappa shape index (κ2) is 55.0. The first-order valence-corrected chi connectivity index (χ1v) is 30.3. The molecular formula is C59H108NO8P. The maximum atomic E-state index is 12.7. The third-order valence-electron chi connectivity index (χ3n) is 12.4. The Morgan fingerprint density at radius 1 is 0.435 bits per heavy atom. The zero-order valence-electron chi connectivity index (χ0n) is 44.8. The van der Waals surface area contributed by atoms with E-state index in [-0.39, 0.29) is 38.6 Å². The fraction of sp³-hybridized carbons (Fsp3) is 0.797. The highest BCUT2D eigenvalue weighted by Gasteiger charge is 2.26. The monoisotopic (exact) mass is 990 g/mol. The summed E-state index contributed by atoms with van der Waals surface area (Å²) in [5.41, 5.74) is 5.38. The van der Waals surface area contributed by atoms with Crippen LogP contribution >= 0.6 is 7.82 Å². The largest absolute Gasteiger partial charge is 0.472 e. The fourth-order valence-corrected chi connectivity index (χ4v) is 8.85. The fourth-order valence-electron chi connectivity index (χ4n) is 8.09. The van der Waals surface area contributed by atoms with Crippen LogP contribution in [0, 0.1) is 0 Å². The van der Waals surface area contributed by atoms with Crippen molar-refractivity contribution in [3.63, 3.8) is 0 Å². The third kappa shape index (κ3) is 54.9. The van der Waals surface area contributed by atoms with Crippen molar-refractivity contribution >= 4 is 19.8 Å². The number of rotatable bonds is 54. The molecule has 2 atom stereocenters. The van der Waals surface area contributed by atoms with E-state index >= 15 is 0 Å². The van der Waals surface area contributed by atoms with Crippen LogP contribution in [-0.2, 0) is 32.7 Å². The second-order valence-electron chi connectivity index (χ2n) is 19.2. The van der Waals surface area contributed by atoms with E-state index in [9.17, 15) is 19.0 Å². The van der Waals surface area contributed by atoms with Crippen LogP contribution in [0.3, 0.4) is 0 Å². The Balaban J connectivity index is 3.99. The summed E-state index contributed by atoms with van der Waals surface area (Å²) in [6, 6.07) is 0. The highest BCUT2D eigenvalue weighted by molar-refractivity contribution is 7.47. The topological polar surface area (TPSA) is 134 Å². The van der Waals surface area contributed by atoms with Gasteiger partial charge in [-0.3, -0.25) is 18.6 Å². The van der Waals surface area contributed by atoms with Crippen LogP contribution in [-0.4, -0.2) is 49.3 Å². The molecule has 0 spiro atoms. The summed E-state index contributed by atoms with van der Waals surface area (Å²) < 4.78 is 33.0. The summed E-state index contributed by atoms with van der Waals surface area (Å²) >= 11 is 0. The maximum absolute atomic E-state index is 12.7. The SMILES string of the molecule is CCCCCCC/C=C\C/C=C\C/C=C\CCCCCCCCCCCCCCC(=O)OC(COC(=O)CCCCCCCCCCC/C=C\C/C=C\CCCCCCC)COP(=O)(O)OCCN. The molecule has 0 bridgehead atoms. The van der Waals surface area contributed by atoms with Crippen molar-refractivity contribution in [2.75, 3.05) is 26.4 Å². The zero-order chi connectivity index (χ0) is 50.2. The van der Waals surface area contributed by atoms with Crippen molar-refractivity contribution in [2.24, 2.45) is 5.73 Å². The molecule has 0 aromatic carbocycles. The standard InChI is InChI=1S/C59H108NO8P/c1-3-5-7-9-11-13-15-17-19-21-23-25-26-27-28-29-30-32-34-36-38-40-42-44-46-48-50-52-59(62)68-57(56-67-69(63,64)66-54-53-60)55-65-58(61)51-49-47-45-43-41-39-37-35-33-31-24-22-20-18-16-14-12-10-8-6-4-2/h15-18,21-24,26-27,57H,3-14,19-20,25,28-56,60H2,1-2H3,(H,63,64)/b17-15-,18-16-,23-21-,24-22-,27-26-. The number of hydrogen-bond donors (Lipinski definition) is 2. The first-order chi connectivity index (χ1) is 33.8. The van der Waals surface area contributed by atoms with Gasteiger partial charge in [0.25, 0.3) is 0 Å². The molecule has 3 N–H and O–H groups in total. The van der Waals surface area contributed by atoms with Crippen molar-refractivity contribution in [3.8, 4) is 0 Å². The maximum Gasteiger partial charge on any atom is 0.472 e. The molecule has 0 aromatic rings. The molecule has 0 rings (SSSR count). The summed E-state index contributed by atoms with van der Waals surface area (Å²) in [5.74, 6) is -0.828.